The number of nitrogens with zero attached hydrogens (tertiary/aromatic N) is 2. The van der Waals surface area contributed by atoms with Crippen LogP contribution in [0.4, 0.5) is 0 Å². The lowest BCUT2D eigenvalue weighted by molar-refractivity contribution is 0.391. The number of hydrogen-bond donors (Lipinski definition) is 1. The van der Waals surface area contributed by atoms with Gasteiger partial charge in [-0.1, -0.05) is 11.2 Å². The molecule has 0 aliphatic heterocycles. The molecule has 1 N–H and O–H groups in total. The molecule has 0 atom stereocenters. The van der Waals surface area contributed by atoms with E-state index in [-0.39, 0.29) is 0 Å². The number of imidazole rings is 1. The van der Waals surface area contributed by atoms with E-state index in [2.05, 4.69) is 34.2 Å². The standard InChI is InChI=1S/C13H13N3O/c1-8-3-4-11-12(5-8)15-13(14-11)7-10-6-9(2)17-16-10/h3-6H,7H2,1-2H3,(H,14,15). The average molecular weight is 227 g/mol. The van der Waals surface area contributed by atoms with Crippen molar-refractivity contribution in [2.24, 2.45) is 0 Å². The zero-order valence-corrected chi connectivity index (χ0v) is 9.82. The Bertz CT molecular complexity index is 666. The highest BCUT2D eigenvalue weighted by atomic mass is 16.5. The van der Waals surface area contributed by atoms with Crippen molar-refractivity contribution < 1.29 is 4.52 Å². The fourth-order valence-electron chi connectivity index (χ4n) is 1.93. The van der Waals surface area contributed by atoms with Gasteiger partial charge in [0.05, 0.1) is 23.1 Å². The van der Waals surface area contributed by atoms with E-state index in [1.807, 2.05) is 19.1 Å². The van der Waals surface area contributed by atoms with Crippen molar-refractivity contribution in [3.8, 4) is 0 Å². The Morgan fingerprint density at radius 2 is 2.12 bits per heavy atom. The summed E-state index contributed by atoms with van der Waals surface area (Å²) in [7, 11) is 0. The van der Waals surface area contributed by atoms with Crippen LogP contribution in [0.2, 0.25) is 0 Å². The molecular weight excluding hydrogens is 214 g/mol. The first-order valence-electron chi connectivity index (χ1n) is 5.58. The molecule has 0 unspecified atom stereocenters. The van der Waals surface area contributed by atoms with Crippen molar-refractivity contribution in [2.75, 3.05) is 0 Å². The Labute approximate surface area is 98.7 Å². The molecule has 0 radical (unpaired) electrons. The Morgan fingerprint density at radius 1 is 1.24 bits per heavy atom. The zero-order valence-electron chi connectivity index (χ0n) is 9.82. The second-order valence-corrected chi connectivity index (χ2v) is 4.31. The summed E-state index contributed by atoms with van der Waals surface area (Å²) < 4.78 is 5.04. The van der Waals surface area contributed by atoms with Gasteiger partial charge in [0.25, 0.3) is 0 Å². The summed E-state index contributed by atoms with van der Waals surface area (Å²) in [6.07, 6.45) is 0.672. The number of aryl methyl sites for hydroxylation is 2. The van der Waals surface area contributed by atoms with Crippen molar-refractivity contribution in [3.05, 3.63) is 47.1 Å². The highest BCUT2D eigenvalue weighted by Crippen LogP contribution is 2.15. The van der Waals surface area contributed by atoms with Crippen molar-refractivity contribution in [1.82, 2.24) is 15.1 Å². The maximum Gasteiger partial charge on any atom is 0.133 e. The van der Waals surface area contributed by atoms with Crippen LogP contribution in [0.5, 0.6) is 0 Å². The number of aromatic nitrogens is 3. The number of rotatable bonds is 2. The van der Waals surface area contributed by atoms with Gasteiger partial charge in [0.2, 0.25) is 0 Å². The minimum atomic E-state index is 0.672. The Kier molecular flexibility index (Phi) is 2.21. The van der Waals surface area contributed by atoms with E-state index in [0.29, 0.717) is 6.42 Å². The van der Waals surface area contributed by atoms with Gasteiger partial charge in [0.1, 0.15) is 11.6 Å². The van der Waals surface area contributed by atoms with Gasteiger partial charge in [0, 0.05) is 6.07 Å². The number of H-pyrrole nitrogens is 1. The maximum absolute atomic E-state index is 5.04. The first-order chi connectivity index (χ1) is 8.20. The third-order valence-corrected chi connectivity index (χ3v) is 2.71. The van der Waals surface area contributed by atoms with Crippen molar-refractivity contribution in [2.45, 2.75) is 20.3 Å². The lowest BCUT2D eigenvalue weighted by Crippen LogP contribution is -1.89. The van der Waals surface area contributed by atoms with Gasteiger partial charge in [-0.2, -0.15) is 0 Å². The number of nitrogens with one attached hydrogen (secondary N) is 1. The SMILES string of the molecule is Cc1ccc2nc(Cc3cc(C)on3)[nH]c2c1. The van der Waals surface area contributed by atoms with Gasteiger partial charge in [0.15, 0.2) is 0 Å². The van der Waals surface area contributed by atoms with Crippen LogP contribution in [-0.4, -0.2) is 15.1 Å². The van der Waals surface area contributed by atoms with E-state index >= 15 is 0 Å². The lowest BCUT2D eigenvalue weighted by atomic mass is 10.2. The van der Waals surface area contributed by atoms with Crippen LogP contribution in [-0.2, 0) is 6.42 Å². The smallest absolute Gasteiger partial charge is 0.133 e. The highest BCUT2D eigenvalue weighted by Gasteiger charge is 2.06. The van der Waals surface area contributed by atoms with Crippen LogP contribution >= 0.6 is 0 Å². The molecule has 0 aliphatic carbocycles. The number of fused-ring (bicyclic) bond motifs is 1. The molecule has 0 saturated heterocycles. The molecule has 0 bridgehead atoms. The molecule has 2 aromatic heterocycles. The fourth-order valence-corrected chi connectivity index (χ4v) is 1.93. The van der Waals surface area contributed by atoms with E-state index < -0.39 is 0 Å². The minimum Gasteiger partial charge on any atom is -0.361 e. The molecule has 4 heteroatoms. The van der Waals surface area contributed by atoms with Crippen LogP contribution in [0, 0.1) is 13.8 Å². The summed E-state index contributed by atoms with van der Waals surface area (Å²) in [4.78, 5) is 7.82. The molecule has 0 aliphatic rings. The Morgan fingerprint density at radius 3 is 2.88 bits per heavy atom. The maximum atomic E-state index is 5.04. The Hall–Kier alpha value is -2.10. The molecule has 17 heavy (non-hydrogen) atoms. The van der Waals surface area contributed by atoms with Crippen molar-refractivity contribution in [3.63, 3.8) is 0 Å². The third-order valence-electron chi connectivity index (χ3n) is 2.71. The first kappa shape index (κ1) is 10.1. The van der Waals surface area contributed by atoms with Gasteiger partial charge in [-0.3, -0.25) is 0 Å². The summed E-state index contributed by atoms with van der Waals surface area (Å²) in [6, 6.07) is 8.12. The monoisotopic (exact) mass is 227 g/mol. The molecule has 1 aromatic carbocycles. The number of hydrogen-bond acceptors (Lipinski definition) is 3. The lowest BCUT2D eigenvalue weighted by Gasteiger charge is -1.89. The molecular formula is C13H13N3O. The van der Waals surface area contributed by atoms with Crippen LogP contribution < -0.4 is 0 Å². The fraction of sp³-hybridized carbons (Fsp3) is 0.231. The summed E-state index contributed by atoms with van der Waals surface area (Å²) in [5, 5.41) is 3.96. The number of benzene rings is 1. The van der Waals surface area contributed by atoms with Crippen LogP contribution in [0.3, 0.4) is 0 Å². The van der Waals surface area contributed by atoms with Crippen LogP contribution in [0.1, 0.15) is 22.8 Å². The topological polar surface area (TPSA) is 54.7 Å². The molecule has 4 nitrogen and oxygen atoms in total. The second-order valence-electron chi connectivity index (χ2n) is 4.31. The summed E-state index contributed by atoms with van der Waals surface area (Å²) in [5.41, 5.74) is 4.19. The molecule has 3 rings (SSSR count). The molecule has 0 fully saturated rings. The van der Waals surface area contributed by atoms with Gasteiger partial charge in [-0.05, 0) is 31.5 Å². The second kappa shape index (κ2) is 3.73. The Balaban J connectivity index is 1.95. The quantitative estimate of drug-likeness (QED) is 0.732. The first-order valence-corrected chi connectivity index (χ1v) is 5.58. The van der Waals surface area contributed by atoms with E-state index in [9.17, 15) is 0 Å². The molecule has 86 valence electrons. The molecule has 2 heterocycles. The van der Waals surface area contributed by atoms with Crippen LogP contribution in [0.25, 0.3) is 11.0 Å². The zero-order chi connectivity index (χ0) is 11.8. The molecule has 0 spiro atoms. The normalized spacial score (nSPS) is 11.2. The average Bonchev–Trinajstić information content (AvgIpc) is 2.84. The predicted molar refractivity (Wildman–Crippen MR) is 64.9 cm³/mol. The minimum absolute atomic E-state index is 0.672. The predicted octanol–water partition coefficient (Wildman–Crippen LogP) is 2.76. The van der Waals surface area contributed by atoms with Crippen LogP contribution in [0.15, 0.2) is 28.8 Å². The largest absolute Gasteiger partial charge is 0.361 e. The molecule has 3 aromatic rings. The van der Waals surface area contributed by atoms with Crippen molar-refractivity contribution >= 4 is 11.0 Å². The summed E-state index contributed by atoms with van der Waals surface area (Å²) in [5.74, 6) is 1.74. The van der Waals surface area contributed by atoms with E-state index in [1.165, 1.54) is 5.56 Å². The van der Waals surface area contributed by atoms with Gasteiger partial charge < -0.3 is 9.51 Å². The van der Waals surface area contributed by atoms with Gasteiger partial charge >= 0.3 is 0 Å². The summed E-state index contributed by atoms with van der Waals surface area (Å²) >= 11 is 0. The third kappa shape index (κ3) is 1.93. The molecule has 0 saturated carbocycles. The van der Waals surface area contributed by atoms with Gasteiger partial charge in [-0.15, -0.1) is 0 Å². The van der Waals surface area contributed by atoms with E-state index in [1.54, 1.807) is 0 Å². The van der Waals surface area contributed by atoms with E-state index in [4.69, 9.17) is 4.52 Å². The van der Waals surface area contributed by atoms with Crippen molar-refractivity contribution in [1.29, 1.82) is 0 Å². The highest BCUT2D eigenvalue weighted by molar-refractivity contribution is 5.75. The summed E-state index contributed by atoms with van der Waals surface area (Å²) in [6.45, 7) is 3.96. The van der Waals surface area contributed by atoms with E-state index in [0.717, 1.165) is 28.3 Å². The molecule has 0 amide bonds. The van der Waals surface area contributed by atoms with Gasteiger partial charge in [-0.25, -0.2) is 4.98 Å². The number of aromatic amines is 1.